The van der Waals surface area contributed by atoms with Crippen LogP contribution in [0.5, 0.6) is 0 Å². The second kappa shape index (κ2) is 3.76. The van der Waals surface area contributed by atoms with Crippen molar-refractivity contribution in [2.45, 2.75) is 6.42 Å². The summed E-state index contributed by atoms with van der Waals surface area (Å²) in [6.45, 7) is 3.37. The molecular formula is C10H10NO2-. The summed E-state index contributed by atoms with van der Waals surface area (Å²) in [5.41, 5.74) is 6.99. The largest absolute Gasteiger partial charge is 0.545 e. The number of anilines is 1. The van der Waals surface area contributed by atoms with Gasteiger partial charge in [-0.2, -0.15) is 0 Å². The average molecular weight is 176 g/mol. The van der Waals surface area contributed by atoms with E-state index in [1.165, 1.54) is 0 Å². The molecule has 0 radical (unpaired) electrons. The van der Waals surface area contributed by atoms with E-state index in [1.54, 1.807) is 24.3 Å². The summed E-state index contributed by atoms with van der Waals surface area (Å²) in [6, 6.07) is 7.08. The predicted molar refractivity (Wildman–Crippen MR) is 48.7 cm³/mol. The van der Waals surface area contributed by atoms with Crippen molar-refractivity contribution in [3.8, 4) is 0 Å². The van der Waals surface area contributed by atoms with Gasteiger partial charge in [0.15, 0.2) is 0 Å². The molecule has 0 aliphatic carbocycles. The Hall–Kier alpha value is -1.77. The lowest BCUT2D eigenvalue weighted by atomic mass is 10.1. The Morgan fingerprint density at radius 3 is 2.62 bits per heavy atom. The van der Waals surface area contributed by atoms with E-state index in [4.69, 9.17) is 5.73 Å². The summed E-state index contributed by atoms with van der Waals surface area (Å²) in [7, 11) is 0. The number of aliphatic carboxylic acids is 1. The molecular weight excluding hydrogens is 166 g/mol. The molecule has 1 aromatic rings. The van der Waals surface area contributed by atoms with Gasteiger partial charge in [-0.15, -0.1) is 0 Å². The molecule has 2 N–H and O–H groups in total. The molecule has 0 fully saturated rings. The molecule has 1 rings (SSSR count). The van der Waals surface area contributed by atoms with Gasteiger partial charge < -0.3 is 15.6 Å². The normalized spacial score (nSPS) is 9.54. The van der Waals surface area contributed by atoms with E-state index in [-0.39, 0.29) is 12.0 Å². The number of benzene rings is 1. The van der Waals surface area contributed by atoms with Crippen LogP contribution in [0.2, 0.25) is 0 Å². The quantitative estimate of drug-likeness (QED) is 0.525. The van der Waals surface area contributed by atoms with Gasteiger partial charge in [0, 0.05) is 12.1 Å². The maximum Gasteiger partial charge on any atom is 0.0672 e. The first-order valence-corrected chi connectivity index (χ1v) is 3.83. The Kier molecular flexibility index (Phi) is 2.69. The highest BCUT2D eigenvalue weighted by atomic mass is 16.4. The van der Waals surface area contributed by atoms with Crippen molar-refractivity contribution in [1.29, 1.82) is 0 Å². The highest BCUT2D eigenvalue weighted by Crippen LogP contribution is 2.13. The van der Waals surface area contributed by atoms with E-state index in [1.807, 2.05) is 0 Å². The molecule has 3 heteroatoms. The van der Waals surface area contributed by atoms with Crippen molar-refractivity contribution >= 4 is 11.7 Å². The lowest BCUT2D eigenvalue weighted by molar-refractivity contribution is -0.299. The summed E-state index contributed by atoms with van der Waals surface area (Å²) >= 11 is 0. The monoisotopic (exact) mass is 176 g/mol. The third kappa shape index (κ3) is 2.33. The molecule has 68 valence electrons. The van der Waals surface area contributed by atoms with Crippen LogP contribution in [0, 0.1) is 0 Å². The van der Waals surface area contributed by atoms with Gasteiger partial charge in [0.1, 0.15) is 0 Å². The number of para-hydroxylation sites is 1. The summed E-state index contributed by atoms with van der Waals surface area (Å²) in [4.78, 5) is 10.4. The number of carbonyl (C=O) groups excluding carboxylic acids is 1. The third-order valence-corrected chi connectivity index (χ3v) is 1.75. The van der Waals surface area contributed by atoms with Gasteiger partial charge in [-0.3, -0.25) is 0 Å². The van der Waals surface area contributed by atoms with E-state index in [0.717, 1.165) is 5.56 Å². The van der Waals surface area contributed by atoms with Crippen LogP contribution in [0.25, 0.3) is 0 Å². The lowest BCUT2D eigenvalue weighted by Gasteiger charge is -2.08. The minimum atomic E-state index is -1.23. The molecule has 0 saturated heterocycles. The molecule has 0 aromatic heterocycles. The Balaban J connectivity index is 2.81. The molecule has 1 aromatic carbocycles. The van der Waals surface area contributed by atoms with Crippen molar-refractivity contribution in [3.05, 3.63) is 42.0 Å². The SMILES string of the molecule is C=C(Cc1ccccc1N)C(=O)[O-]. The van der Waals surface area contributed by atoms with Crippen molar-refractivity contribution < 1.29 is 9.90 Å². The topological polar surface area (TPSA) is 66.2 Å². The summed E-state index contributed by atoms with van der Waals surface area (Å²) in [6.07, 6.45) is 0.231. The van der Waals surface area contributed by atoms with Gasteiger partial charge in [0.05, 0.1) is 5.97 Å². The van der Waals surface area contributed by atoms with Crippen molar-refractivity contribution in [2.24, 2.45) is 0 Å². The molecule has 0 bridgehead atoms. The highest BCUT2D eigenvalue weighted by molar-refractivity contribution is 5.84. The van der Waals surface area contributed by atoms with Crippen LogP contribution < -0.4 is 10.8 Å². The van der Waals surface area contributed by atoms with Crippen LogP contribution in [-0.2, 0) is 11.2 Å². The van der Waals surface area contributed by atoms with E-state index in [2.05, 4.69) is 6.58 Å². The van der Waals surface area contributed by atoms with Gasteiger partial charge in [0.25, 0.3) is 0 Å². The Bertz CT molecular complexity index is 345. The number of hydrogen-bond donors (Lipinski definition) is 1. The Morgan fingerprint density at radius 1 is 1.46 bits per heavy atom. The fourth-order valence-corrected chi connectivity index (χ4v) is 0.997. The van der Waals surface area contributed by atoms with Crippen LogP contribution >= 0.6 is 0 Å². The number of hydrogen-bond acceptors (Lipinski definition) is 3. The summed E-state index contributed by atoms with van der Waals surface area (Å²) in [5, 5.41) is 10.4. The Labute approximate surface area is 76.5 Å². The number of carbonyl (C=O) groups is 1. The zero-order chi connectivity index (χ0) is 9.84. The first-order valence-electron chi connectivity index (χ1n) is 3.83. The fraction of sp³-hybridized carbons (Fsp3) is 0.100. The van der Waals surface area contributed by atoms with Crippen LogP contribution in [0.3, 0.4) is 0 Å². The second-order valence-electron chi connectivity index (χ2n) is 2.77. The molecule has 0 aliphatic heterocycles. The highest BCUT2D eigenvalue weighted by Gasteiger charge is 2.00. The number of nitrogen functional groups attached to an aromatic ring is 1. The minimum absolute atomic E-state index is 0.0397. The van der Waals surface area contributed by atoms with Gasteiger partial charge >= 0.3 is 0 Å². The van der Waals surface area contributed by atoms with Crippen molar-refractivity contribution in [3.63, 3.8) is 0 Å². The molecule has 0 spiro atoms. The third-order valence-electron chi connectivity index (χ3n) is 1.75. The van der Waals surface area contributed by atoms with Crippen LogP contribution in [0.15, 0.2) is 36.4 Å². The van der Waals surface area contributed by atoms with E-state index >= 15 is 0 Å². The summed E-state index contributed by atoms with van der Waals surface area (Å²) < 4.78 is 0. The van der Waals surface area contributed by atoms with Gasteiger partial charge in [-0.05, 0) is 17.2 Å². The molecule has 0 unspecified atom stereocenters. The number of nitrogens with two attached hydrogens (primary N) is 1. The van der Waals surface area contributed by atoms with Gasteiger partial charge in [0.2, 0.25) is 0 Å². The molecule has 3 nitrogen and oxygen atoms in total. The first kappa shape index (κ1) is 9.32. The lowest BCUT2D eigenvalue weighted by Crippen LogP contribution is -2.24. The minimum Gasteiger partial charge on any atom is -0.545 e. The van der Waals surface area contributed by atoms with Crippen molar-refractivity contribution in [1.82, 2.24) is 0 Å². The summed E-state index contributed by atoms with van der Waals surface area (Å²) in [5.74, 6) is -1.23. The zero-order valence-electron chi connectivity index (χ0n) is 7.12. The smallest absolute Gasteiger partial charge is 0.0672 e. The standard InChI is InChI=1S/C10H11NO2/c1-7(10(12)13)6-8-4-2-3-5-9(8)11/h2-5H,1,6,11H2,(H,12,13)/p-1. The number of rotatable bonds is 3. The maximum absolute atomic E-state index is 10.4. The second-order valence-corrected chi connectivity index (χ2v) is 2.77. The molecule has 0 heterocycles. The molecule has 0 aliphatic rings. The van der Waals surface area contributed by atoms with Crippen LogP contribution in [0.1, 0.15) is 5.56 Å². The van der Waals surface area contributed by atoms with Crippen LogP contribution in [-0.4, -0.2) is 5.97 Å². The number of carboxylic acids is 1. The van der Waals surface area contributed by atoms with Gasteiger partial charge in [-0.25, -0.2) is 0 Å². The molecule has 0 amide bonds. The molecule has 0 saturated carbocycles. The number of carboxylic acid groups (broad SMARTS) is 1. The first-order chi connectivity index (χ1) is 6.11. The fourth-order valence-electron chi connectivity index (χ4n) is 0.997. The molecule has 0 atom stereocenters. The van der Waals surface area contributed by atoms with Gasteiger partial charge in [-0.1, -0.05) is 24.8 Å². The van der Waals surface area contributed by atoms with E-state index in [0.29, 0.717) is 5.69 Å². The zero-order valence-corrected chi connectivity index (χ0v) is 7.12. The average Bonchev–Trinajstić information content (AvgIpc) is 2.08. The Morgan fingerprint density at radius 2 is 2.08 bits per heavy atom. The predicted octanol–water partition coefficient (Wildman–Crippen LogP) is 0.117. The van der Waals surface area contributed by atoms with Crippen molar-refractivity contribution in [2.75, 3.05) is 5.73 Å². The molecule has 13 heavy (non-hydrogen) atoms. The van der Waals surface area contributed by atoms with E-state index in [9.17, 15) is 9.90 Å². The van der Waals surface area contributed by atoms with E-state index < -0.39 is 5.97 Å². The maximum atomic E-state index is 10.4. The van der Waals surface area contributed by atoms with Crippen LogP contribution in [0.4, 0.5) is 5.69 Å².